The molecule has 2 N–H and O–H groups in total. The first kappa shape index (κ1) is 18.0. The first-order valence-corrected chi connectivity index (χ1v) is 8.95. The summed E-state index contributed by atoms with van der Waals surface area (Å²) in [5.74, 6) is 0. The lowest BCUT2D eigenvalue weighted by Gasteiger charge is -2.39. The zero-order chi connectivity index (χ0) is 14.9. The third-order valence-electron chi connectivity index (χ3n) is 4.90. The fourth-order valence-corrected chi connectivity index (χ4v) is 3.62. The Labute approximate surface area is 127 Å². The summed E-state index contributed by atoms with van der Waals surface area (Å²) in [7, 11) is 0. The molecule has 0 aromatic carbocycles. The average Bonchev–Trinajstić information content (AvgIpc) is 2.40. The summed E-state index contributed by atoms with van der Waals surface area (Å²) < 4.78 is 0. The second-order valence-electron chi connectivity index (χ2n) is 7.76. The van der Waals surface area contributed by atoms with E-state index < -0.39 is 0 Å². The Balaban J connectivity index is 2.32. The van der Waals surface area contributed by atoms with Crippen LogP contribution in [-0.4, -0.2) is 26.2 Å². The molecule has 0 aromatic heterocycles. The van der Waals surface area contributed by atoms with Crippen LogP contribution in [0.1, 0.15) is 79.1 Å². The number of unbranched alkanes of at least 4 members (excludes halogenated alkanes) is 2. The lowest BCUT2D eigenvalue weighted by atomic mass is 9.76. The first-order valence-electron chi connectivity index (χ1n) is 8.95. The number of rotatable bonds is 10. The molecule has 1 unspecified atom stereocenters. The van der Waals surface area contributed by atoms with E-state index in [1.807, 2.05) is 0 Å². The molecule has 1 atom stereocenters. The van der Waals surface area contributed by atoms with Crippen molar-refractivity contribution in [3.05, 3.63) is 0 Å². The molecule has 0 spiro atoms. The van der Waals surface area contributed by atoms with Crippen LogP contribution < -0.4 is 10.6 Å². The summed E-state index contributed by atoms with van der Waals surface area (Å²) in [4.78, 5) is 0. The van der Waals surface area contributed by atoms with Crippen LogP contribution in [0.3, 0.4) is 0 Å². The van der Waals surface area contributed by atoms with Crippen LogP contribution in [0.5, 0.6) is 0 Å². The molecule has 2 nitrogen and oxygen atoms in total. The Morgan fingerprint density at radius 2 is 1.95 bits per heavy atom. The highest BCUT2D eigenvalue weighted by Gasteiger charge is 2.31. The lowest BCUT2D eigenvalue weighted by molar-refractivity contribution is 0.172. The minimum atomic E-state index is 0.449. The van der Waals surface area contributed by atoms with Gasteiger partial charge >= 0.3 is 0 Å². The summed E-state index contributed by atoms with van der Waals surface area (Å²) in [5.41, 5.74) is 0.969. The molecule has 2 heteroatoms. The molecular formula is C18H38N2. The van der Waals surface area contributed by atoms with Crippen molar-refractivity contribution in [3.63, 3.8) is 0 Å². The van der Waals surface area contributed by atoms with Crippen LogP contribution in [-0.2, 0) is 0 Å². The van der Waals surface area contributed by atoms with Crippen molar-refractivity contribution in [3.8, 4) is 0 Å². The Hall–Kier alpha value is -0.0800. The number of nitrogens with one attached hydrogen (secondary N) is 2. The summed E-state index contributed by atoms with van der Waals surface area (Å²) in [6, 6.07) is 0. The average molecular weight is 283 g/mol. The SMILES string of the molecule is CCCCCC(C)(C)CNCC1(CCC)CCCNC1. The van der Waals surface area contributed by atoms with E-state index in [1.54, 1.807) is 0 Å². The van der Waals surface area contributed by atoms with Crippen molar-refractivity contribution in [2.45, 2.75) is 79.1 Å². The Kier molecular flexibility index (Phi) is 8.13. The van der Waals surface area contributed by atoms with Gasteiger partial charge in [-0.2, -0.15) is 0 Å². The zero-order valence-electron chi connectivity index (χ0n) is 14.5. The maximum absolute atomic E-state index is 3.81. The quantitative estimate of drug-likeness (QED) is 0.582. The largest absolute Gasteiger partial charge is 0.316 e. The predicted molar refractivity (Wildman–Crippen MR) is 90.2 cm³/mol. The summed E-state index contributed by atoms with van der Waals surface area (Å²) in [6.07, 6.45) is 10.9. The van der Waals surface area contributed by atoms with Crippen molar-refractivity contribution in [1.29, 1.82) is 0 Å². The van der Waals surface area contributed by atoms with Gasteiger partial charge in [0.05, 0.1) is 0 Å². The van der Waals surface area contributed by atoms with Crippen LogP contribution in [0.15, 0.2) is 0 Å². The van der Waals surface area contributed by atoms with Crippen molar-refractivity contribution in [2.75, 3.05) is 26.2 Å². The van der Waals surface area contributed by atoms with E-state index in [4.69, 9.17) is 0 Å². The molecule has 1 aliphatic rings. The minimum Gasteiger partial charge on any atom is -0.316 e. The third-order valence-corrected chi connectivity index (χ3v) is 4.90. The van der Waals surface area contributed by atoms with Crippen LogP contribution >= 0.6 is 0 Å². The first-order chi connectivity index (χ1) is 9.54. The van der Waals surface area contributed by atoms with E-state index in [0.717, 1.165) is 0 Å². The highest BCUT2D eigenvalue weighted by Crippen LogP contribution is 2.31. The molecule has 1 fully saturated rings. The summed E-state index contributed by atoms with van der Waals surface area (Å²) in [5, 5.41) is 7.42. The van der Waals surface area contributed by atoms with E-state index >= 15 is 0 Å². The highest BCUT2D eigenvalue weighted by molar-refractivity contribution is 4.88. The Morgan fingerprint density at radius 3 is 2.55 bits per heavy atom. The van der Waals surface area contributed by atoms with Crippen molar-refractivity contribution in [1.82, 2.24) is 10.6 Å². The highest BCUT2D eigenvalue weighted by atomic mass is 14.9. The van der Waals surface area contributed by atoms with Gasteiger partial charge in [-0.1, -0.05) is 53.4 Å². The van der Waals surface area contributed by atoms with E-state index in [9.17, 15) is 0 Å². The fourth-order valence-electron chi connectivity index (χ4n) is 3.62. The summed E-state index contributed by atoms with van der Waals surface area (Å²) >= 11 is 0. The zero-order valence-corrected chi connectivity index (χ0v) is 14.5. The lowest BCUT2D eigenvalue weighted by Crippen LogP contribution is -2.47. The van der Waals surface area contributed by atoms with Gasteiger partial charge in [0.2, 0.25) is 0 Å². The maximum atomic E-state index is 3.81. The van der Waals surface area contributed by atoms with Crippen molar-refractivity contribution < 1.29 is 0 Å². The van der Waals surface area contributed by atoms with Crippen LogP contribution in [0.2, 0.25) is 0 Å². The number of hydrogen-bond acceptors (Lipinski definition) is 2. The van der Waals surface area contributed by atoms with Gasteiger partial charge in [-0.3, -0.25) is 0 Å². The topological polar surface area (TPSA) is 24.1 Å². The minimum absolute atomic E-state index is 0.449. The van der Waals surface area contributed by atoms with Gasteiger partial charge in [-0.15, -0.1) is 0 Å². The van der Waals surface area contributed by atoms with Crippen LogP contribution in [0, 0.1) is 10.8 Å². The van der Waals surface area contributed by atoms with Crippen molar-refractivity contribution in [2.24, 2.45) is 10.8 Å². The third kappa shape index (κ3) is 6.58. The standard InChI is InChI=1S/C18H38N2/c1-5-7-8-11-17(3,4)14-20-16-18(10-6-2)12-9-13-19-15-18/h19-20H,5-16H2,1-4H3. The van der Waals surface area contributed by atoms with Crippen molar-refractivity contribution >= 4 is 0 Å². The monoisotopic (exact) mass is 282 g/mol. The number of piperidine rings is 1. The van der Waals surface area contributed by atoms with E-state index in [1.165, 1.54) is 77.5 Å². The molecule has 0 bridgehead atoms. The molecule has 0 aromatic rings. The van der Waals surface area contributed by atoms with Gasteiger partial charge in [-0.25, -0.2) is 0 Å². The molecular weight excluding hydrogens is 244 g/mol. The second kappa shape index (κ2) is 9.04. The van der Waals surface area contributed by atoms with Crippen LogP contribution in [0.25, 0.3) is 0 Å². The van der Waals surface area contributed by atoms with Gasteiger partial charge in [0, 0.05) is 19.6 Å². The fraction of sp³-hybridized carbons (Fsp3) is 1.00. The molecule has 0 aliphatic carbocycles. The molecule has 20 heavy (non-hydrogen) atoms. The van der Waals surface area contributed by atoms with Crippen LogP contribution in [0.4, 0.5) is 0 Å². The van der Waals surface area contributed by atoms with Gasteiger partial charge in [0.1, 0.15) is 0 Å². The number of hydrogen-bond donors (Lipinski definition) is 2. The molecule has 0 radical (unpaired) electrons. The molecule has 1 rings (SSSR count). The second-order valence-corrected chi connectivity index (χ2v) is 7.76. The predicted octanol–water partition coefficient (Wildman–Crippen LogP) is 4.35. The van der Waals surface area contributed by atoms with E-state index in [-0.39, 0.29) is 0 Å². The van der Waals surface area contributed by atoms with E-state index in [0.29, 0.717) is 10.8 Å². The molecule has 0 saturated carbocycles. The summed E-state index contributed by atoms with van der Waals surface area (Å²) in [6.45, 7) is 14.2. The Bertz CT molecular complexity index is 236. The van der Waals surface area contributed by atoms with Gasteiger partial charge < -0.3 is 10.6 Å². The Morgan fingerprint density at radius 1 is 1.15 bits per heavy atom. The molecule has 120 valence electrons. The molecule has 0 amide bonds. The smallest absolute Gasteiger partial charge is 0.00202 e. The molecule has 1 saturated heterocycles. The molecule has 1 aliphatic heterocycles. The normalized spacial score (nSPS) is 24.0. The molecule has 1 heterocycles. The van der Waals surface area contributed by atoms with Gasteiger partial charge in [0.25, 0.3) is 0 Å². The van der Waals surface area contributed by atoms with Gasteiger partial charge in [-0.05, 0) is 43.1 Å². The van der Waals surface area contributed by atoms with Gasteiger partial charge in [0.15, 0.2) is 0 Å². The van der Waals surface area contributed by atoms with E-state index in [2.05, 4.69) is 38.3 Å². The maximum Gasteiger partial charge on any atom is 0.00202 e.